The number of aliphatic hydroxyl groups is 1. The highest BCUT2D eigenvalue weighted by atomic mass is 16.5. The number of carbonyl (C=O) groups is 1. The van der Waals surface area contributed by atoms with Crippen molar-refractivity contribution in [3.63, 3.8) is 0 Å². The summed E-state index contributed by atoms with van der Waals surface area (Å²) in [6, 6.07) is 5.21. The minimum atomic E-state index is -0.292. The van der Waals surface area contributed by atoms with Crippen LogP contribution in [0.2, 0.25) is 0 Å². The largest absolute Gasteiger partial charge is 0.396 e. The first kappa shape index (κ1) is 15.2. The van der Waals surface area contributed by atoms with E-state index in [1.165, 1.54) is 0 Å². The van der Waals surface area contributed by atoms with Crippen molar-refractivity contribution in [1.82, 2.24) is 15.5 Å². The Morgan fingerprint density at radius 3 is 2.95 bits per heavy atom. The Hall–Kier alpha value is -2.21. The predicted molar refractivity (Wildman–Crippen MR) is 77.6 cm³/mol. The predicted octanol–water partition coefficient (Wildman–Crippen LogP) is 1.87. The Morgan fingerprint density at radius 2 is 2.29 bits per heavy atom. The van der Waals surface area contributed by atoms with Crippen LogP contribution in [0.4, 0.5) is 0 Å². The number of amides is 1. The van der Waals surface area contributed by atoms with E-state index in [9.17, 15) is 4.79 Å². The van der Waals surface area contributed by atoms with Gasteiger partial charge in [0.25, 0.3) is 5.91 Å². The molecule has 1 amide bonds. The normalized spacial score (nSPS) is 11.4. The van der Waals surface area contributed by atoms with Crippen LogP contribution in [0.25, 0.3) is 11.3 Å². The molecule has 0 bridgehead atoms. The Kier molecular flexibility index (Phi) is 4.70. The number of rotatable bonds is 6. The molecule has 0 atom stereocenters. The molecule has 2 heterocycles. The van der Waals surface area contributed by atoms with Crippen LogP contribution >= 0.6 is 0 Å². The summed E-state index contributed by atoms with van der Waals surface area (Å²) in [7, 11) is 0. The molecule has 0 aliphatic heterocycles. The van der Waals surface area contributed by atoms with Crippen molar-refractivity contribution < 1.29 is 14.4 Å². The number of pyridine rings is 1. The Bertz CT molecular complexity index is 593. The zero-order chi connectivity index (χ0) is 15.3. The second kappa shape index (κ2) is 6.49. The van der Waals surface area contributed by atoms with E-state index in [0.29, 0.717) is 18.7 Å². The van der Waals surface area contributed by atoms with Gasteiger partial charge in [0.2, 0.25) is 0 Å². The fraction of sp³-hybridized carbons (Fsp3) is 0.400. The van der Waals surface area contributed by atoms with Crippen molar-refractivity contribution in [2.45, 2.75) is 20.3 Å². The summed E-state index contributed by atoms with van der Waals surface area (Å²) in [5, 5.41) is 15.5. The van der Waals surface area contributed by atoms with Crippen molar-refractivity contribution in [3.05, 3.63) is 36.3 Å². The molecule has 0 unspecified atom stereocenters. The third-order valence-electron chi connectivity index (χ3n) is 3.20. The van der Waals surface area contributed by atoms with Gasteiger partial charge in [0.05, 0.1) is 0 Å². The van der Waals surface area contributed by atoms with E-state index in [1.54, 1.807) is 24.5 Å². The fourth-order valence-electron chi connectivity index (χ4n) is 1.83. The van der Waals surface area contributed by atoms with E-state index in [-0.39, 0.29) is 23.6 Å². The second-order valence-electron chi connectivity index (χ2n) is 5.64. The van der Waals surface area contributed by atoms with Crippen LogP contribution in [0.1, 0.15) is 30.8 Å². The van der Waals surface area contributed by atoms with Crippen molar-refractivity contribution in [1.29, 1.82) is 0 Å². The van der Waals surface area contributed by atoms with Gasteiger partial charge in [0, 0.05) is 37.2 Å². The second-order valence-corrected chi connectivity index (χ2v) is 5.64. The summed E-state index contributed by atoms with van der Waals surface area (Å²) >= 11 is 0. The first-order valence-electron chi connectivity index (χ1n) is 6.78. The van der Waals surface area contributed by atoms with E-state index in [4.69, 9.17) is 9.63 Å². The van der Waals surface area contributed by atoms with Gasteiger partial charge in [-0.3, -0.25) is 9.78 Å². The van der Waals surface area contributed by atoms with Crippen LogP contribution < -0.4 is 5.32 Å². The Balaban J connectivity index is 2.00. The number of carbonyl (C=O) groups excluding carboxylic acids is 1. The standard InChI is InChI=1S/C15H19N3O3/c1-15(2,5-7-19)10-17-14(20)12-8-13(21-18-12)11-4-3-6-16-9-11/h3-4,6,8-9,19H,5,7,10H2,1-2H3,(H,17,20). The summed E-state index contributed by atoms with van der Waals surface area (Å²) < 4.78 is 5.16. The molecular weight excluding hydrogens is 270 g/mol. The molecule has 0 radical (unpaired) electrons. The number of aromatic nitrogens is 2. The summed E-state index contributed by atoms with van der Waals surface area (Å²) in [6.45, 7) is 4.51. The molecule has 2 N–H and O–H groups in total. The smallest absolute Gasteiger partial charge is 0.273 e. The molecule has 0 aliphatic rings. The lowest BCUT2D eigenvalue weighted by molar-refractivity contribution is 0.0919. The molecule has 2 aromatic heterocycles. The lowest BCUT2D eigenvalue weighted by Gasteiger charge is -2.23. The van der Waals surface area contributed by atoms with E-state index < -0.39 is 0 Å². The molecule has 112 valence electrons. The maximum absolute atomic E-state index is 12.0. The maximum atomic E-state index is 12.0. The van der Waals surface area contributed by atoms with Gasteiger partial charge in [-0.15, -0.1) is 0 Å². The average Bonchev–Trinajstić information content (AvgIpc) is 2.96. The average molecular weight is 289 g/mol. The summed E-state index contributed by atoms with van der Waals surface area (Å²) in [4.78, 5) is 16.0. The van der Waals surface area contributed by atoms with Gasteiger partial charge in [0.1, 0.15) is 0 Å². The molecule has 2 aromatic rings. The molecule has 2 rings (SSSR count). The number of nitrogens with one attached hydrogen (secondary N) is 1. The Morgan fingerprint density at radius 1 is 1.48 bits per heavy atom. The topological polar surface area (TPSA) is 88.2 Å². The van der Waals surface area contributed by atoms with E-state index in [2.05, 4.69) is 15.5 Å². The molecule has 0 saturated carbocycles. The van der Waals surface area contributed by atoms with Gasteiger partial charge < -0.3 is 14.9 Å². The quantitative estimate of drug-likeness (QED) is 0.847. The van der Waals surface area contributed by atoms with Gasteiger partial charge in [-0.1, -0.05) is 19.0 Å². The molecule has 0 aliphatic carbocycles. The zero-order valence-corrected chi connectivity index (χ0v) is 12.2. The van der Waals surface area contributed by atoms with Gasteiger partial charge >= 0.3 is 0 Å². The lowest BCUT2D eigenvalue weighted by Crippen LogP contribution is -2.34. The third-order valence-corrected chi connectivity index (χ3v) is 3.20. The SMILES string of the molecule is CC(C)(CCO)CNC(=O)c1cc(-c2cccnc2)on1. The summed E-state index contributed by atoms with van der Waals surface area (Å²) in [5.74, 6) is 0.211. The minimum Gasteiger partial charge on any atom is -0.396 e. The van der Waals surface area contributed by atoms with Crippen molar-refractivity contribution in [3.8, 4) is 11.3 Å². The molecule has 0 aromatic carbocycles. The molecular formula is C15H19N3O3. The first-order valence-corrected chi connectivity index (χ1v) is 6.78. The minimum absolute atomic E-state index is 0.0952. The number of hydrogen-bond acceptors (Lipinski definition) is 5. The van der Waals surface area contributed by atoms with E-state index >= 15 is 0 Å². The number of nitrogens with zero attached hydrogens (tertiary/aromatic N) is 2. The molecule has 0 saturated heterocycles. The van der Waals surface area contributed by atoms with Crippen LogP contribution in [0.5, 0.6) is 0 Å². The van der Waals surface area contributed by atoms with Crippen LogP contribution in [0, 0.1) is 5.41 Å². The van der Waals surface area contributed by atoms with Crippen LogP contribution in [-0.4, -0.2) is 34.3 Å². The third kappa shape index (κ3) is 4.13. The van der Waals surface area contributed by atoms with Crippen LogP contribution in [-0.2, 0) is 0 Å². The van der Waals surface area contributed by atoms with Gasteiger partial charge in [-0.25, -0.2) is 0 Å². The summed E-state index contributed by atoms with van der Waals surface area (Å²) in [6.07, 6.45) is 3.93. The lowest BCUT2D eigenvalue weighted by atomic mass is 9.90. The van der Waals surface area contributed by atoms with Crippen molar-refractivity contribution >= 4 is 5.91 Å². The fourth-order valence-corrected chi connectivity index (χ4v) is 1.83. The highest BCUT2D eigenvalue weighted by molar-refractivity contribution is 5.93. The monoisotopic (exact) mass is 289 g/mol. The first-order chi connectivity index (χ1) is 10.0. The molecule has 0 spiro atoms. The van der Waals surface area contributed by atoms with Gasteiger partial charge in [-0.2, -0.15) is 0 Å². The van der Waals surface area contributed by atoms with Crippen molar-refractivity contribution in [2.24, 2.45) is 5.41 Å². The van der Waals surface area contributed by atoms with Crippen LogP contribution in [0.15, 0.2) is 35.1 Å². The van der Waals surface area contributed by atoms with Gasteiger partial charge in [-0.05, 0) is 24.0 Å². The van der Waals surface area contributed by atoms with E-state index in [0.717, 1.165) is 5.56 Å². The molecule has 6 nitrogen and oxygen atoms in total. The highest BCUT2D eigenvalue weighted by Gasteiger charge is 2.20. The Labute approximate surface area is 123 Å². The molecule has 21 heavy (non-hydrogen) atoms. The van der Waals surface area contributed by atoms with Gasteiger partial charge in [0.15, 0.2) is 11.5 Å². The maximum Gasteiger partial charge on any atom is 0.273 e. The van der Waals surface area contributed by atoms with Crippen molar-refractivity contribution in [2.75, 3.05) is 13.2 Å². The number of hydrogen-bond donors (Lipinski definition) is 2. The molecule has 6 heteroatoms. The molecule has 0 fully saturated rings. The van der Waals surface area contributed by atoms with E-state index in [1.807, 2.05) is 19.9 Å². The highest BCUT2D eigenvalue weighted by Crippen LogP contribution is 2.20. The zero-order valence-electron chi connectivity index (χ0n) is 12.2. The van der Waals surface area contributed by atoms with Crippen LogP contribution in [0.3, 0.4) is 0 Å². The summed E-state index contributed by atoms with van der Waals surface area (Å²) in [5.41, 5.74) is 0.832. The number of aliphatic hydroxyl groups excluding tert-OH is 1.